The summed E-state index contributed by atoms with van der Waals surface area (Å²) in [5, 5.41) is 19.8. The van der Waals surface area contributed by atoms with Gasteiger partial charge in [-0.15, -0.1) is 0 Å². The lowest BCUT2D eigenvalue weighted by Crippen LogP contribution is -2.07. The minimum atomic E-state index is -0.723. The fourth-order valence-electron chi connectivity index (χ4n) is 11.2. The highest BCUT2D eigenvalue weighted by atomic mass is 19.1. The van der Waals surface area contributed by atoms with Gasteiger partial charge in [0, 0.05) is 66.1 Å². The number of nitriles is 1. The highest BCUT2D eigenvalue weighted by Crippen LogP contribution is 2.47. The van der Waals surface area contributed by atoms with E-state index in [1.165, 1.54) is 12.1 Å². The van der Waals surface area contributed by atoms with Crippen LogP contribution in [0, 0.1) is 23.0 Å². The molecule has 0 N–H and O–H groups in total. The van der Waals surface area contributed by atoms with E-state index < -0.39 is 11.6 Å². The molecule has 5 nitrogen and oxygen atoms in total. The van der Waals surface area contributed by atoms with E-state index in [1.54, 1.807) is 0 Å². The molecule has 0 amide bonds. The monoisotopic (exact) mass is 875 g/mol. The number of hydrogen-bond acceptors (Lipinski definition) is 1. The Labute approximate surface area is 387 Å². The smallest absolute Gasteiger partial charge is 0.126 e. The van der Waals surface area contributed by atoms with Crippen LogP contribution in [0.1, 0.15) is 5.56 Å². The fraction of sp³-hybridized carbons (Fsp3) is 0. The Hall–Kier alpha value is -9.25. The average molecular weight is 876 g/mol. The molecule has 318 valence electrons. The molecule has 10 aromatic carbocycles. The van der Waals surface area contributed by atoms with E-state index in [2.05, 4.69) is 194 Å². The van der Waals surface area contributed by atoms with Crippen LogP contribution < -0.4 is 0 Å². The SMILES string of the molecule is N#Cc1cc(-n2c3ccccc3c3ccc4c5ccccc5n(-c5ccccc5)c4c32)c(-n2c3ccccc3c3ccc4c5ccccc5n(-c5ccccc5)c4c32)cc1-c1cc(F)cc(F)c1. The summed E-state index contributed by atoms with van der Waals surface area (Å²) in [5.41, 5.74) is 12.4. The van der Waals surface area contributed by atoms with Crippen LogP contribution in [0.2, 0.25) is 0 Å². The Morgan fingerprint density at radius 2 is 0.662 bits per heavy atom. The molecule has 0 fully saturated rings. The minimum absolute atomic E-state index is 0.268. The van der Waals surface area contributed by atoms with Crippen LogP contribution in [-0.4, -0.2) is 18.3 Å². The summed E-state index contributed by atoms with van der Waals surface area (Å²) < 4.78 is 40.0. The molecular formula is C61H35F2N5. The van der Waals surface area contributed by atoms with Crippen molar-refractivity contribution in [3.05, 3.63) is 230 Å². The van der Waals surface area contributed by atoms with Crippen molar-refractivity contribution in [1.82, 2.24) is 18.3 Å². The molecule has 0 saturated heterocycles. The topological polar surface area (TPSA) is 43.5 Å². The zero-order valence-electron chi connectivity index (χ0n) is 36.2. The van der Waals surface area contributed by atoms with Gasteiger partial charge >= 0.3 is 0 Å². The van der Waals surface area contributed by atoms with Crippen molar-refractivity contribution in [1.29, 1.82) is 5.26 Å². The molecule has 0 aliphatic rings. The van der Waals surface area contributed by atoms with Crippen molar-refractivity contribution in [2.75, 3.05) is 0 Å². The van der Waals surface area contributed by atoms with E-state index in [4.69, 9.17) is 0 Å². The first-order valence-corrected chi connectivity index (χ1v) is 22.6. The number of benzene rings is 10. The van der Waals surface area contributed by atoms with Crippen LogP contribution in [0.25, 0.3) is 121 Å². The summed E-state index contributed by atoms with van der Waals surface area (Å²) in [7, 11) is 0. The highest BCUT2D eigenvalue weighted by molar-refractivity contribution is 6.26. The minimum Gasteiger partial charge on any atom is -0.307 e. The van der Waals surface area contributed by atoms with E-state index in [-0.39, 0.29) is 11.1 Å². The highest BCUT2D eigenvalue weighted by Gasteiger charge is 2.27. The van der Waals surface area contributed by atoms with Gasteiger partial charge < -0.3 is 18.3 Å². The fourth-order valence-corrected chi connectivity index (χ4v) is 11.2. The molecule has 14 aromatic rings. The average Bonchev–Trinajstić information content (AvgIpc) is 4.11. The van der Waals surface area contributed by atoms with Gasteiger partial charge in [-0.2, -0.15) is 5.26 Å². The second-order valence-corrected chi connectivity index (χ2v) is 17.5. The summed E-state index contributed by atoms with van der Waals surface area (Å²) in [5.74, 6) is -1.45. The summed E-state index contributed by atoms with van der Waals surface area (Å²) in [6.45, 7) is 0. The van der Waals surface area contributed by atoms with Gasteiger partial charge in [0.2, 0.25) is 0 Å². The van der Waals surface area contributed by atoms with Gasteiger partial charge in [0.25, 0.3) is 0 Å². The number of nitrogens with zero attached hydrogens (tertiary/aromatic N) is 5. The molecule has 0 saturated carbocycles. The Morgan fingerprint density at radius 3 is 1.06 bits per heavy atom. The molecule has 0 spiro atoms. The number of hydrogen-bond donors (Lipinski definition) is 0. The van der Waals surface area contributed by atoms with Crippen LogP contribution in [-0.2, 0) is 0 Å². The lowest BCUT2D eigenvalue weighted by Gasteiger charge is -2.21. The lowest BCUT2D eigenvalue weighted by molar-refractivity contribution is 0.584. The number of halogens is 2. The van der Waals surface area contributed by atoms with Gasteiger partial charge in [-0.05, 0) is 78.4 Å². The Balaban J connectivity index is 1.24. The van der Waals surface area contributed by atoms with E-state index in [0.717, 1.165) is 116 Å². The van der Waals surface area contributed by atoms with Crippen molar-refractivity contribution in [2.24, 2.45) is 0 Å². The Morgan fingerprint density at radius 1 is 0.324 bits per heavy atom. The van der Waals surface area contributed by atoms with Crippen LogP contribution >= 0.6 is 0 Å². The standard InChI is InChI=1S/C61H35F2N5/c62-39-31-37(32-40(63)34-39)51-35-57(68-55-26-14-10-22-46(55)50-30-28-48-44-20-8-12-24-53(44)66(59(48)61(50)68)42-17-5-2-6-18-42)56(33-38(51)36-64)67-54-25-13-9-21-45(54)49-29-27-47-43-19-7-11-23-52(43)65(58(47)60(49)67)41-15-3-1-4-16-41/h1-35H. The Kier molecular flexibility index (Phi) is 8.05. The van der Waals surface area contributed by atoms with E-state index >= 15 is 8.78 Å². The van der Waals surface area contributed by atoms with Gasteiger partial charge in [-0.3, -0.25) is 0 Å². The molecule has 0 unspecified atom stereocenters. The molecule has 0 aliphatic carbocycles. The first-order chi connectivity index (χ1) is 33.6. The normalized spacial score (nSPS) is 12.0. The van der Waals surface area contributed by atoms with Crippen molar-refractivity contribution in [3.8, 4) is 39.9 Å². The molecular weight excluding hydrogens is 841 g/mol. The van der Waals surface area contributed by atoms with Crippen molar-refractivity contribution < 1.29 is 8.78 Å². The van der Waals surface area contributed by atoms with Gasteiger partial charge in [-0.1, -0.05) is 133 Å². The van der Waals surface area contributed by atoms with Crippen molar-refractivity contribution in [2.45, 2.75) is 0 Å². The zero-order chi connectivity index (χ0) is 45.2. The Bertz CT molecular complexity index is 4450. The van der Waals surface area contributed by atoms with E-state index in [9.17, 15) is 5.26 Å². The molecule has 7 heteroatoms. The molecule has 0 bridgehead atoms. The second kappa shape index (κ2) is 14.4. The van der Waals surface area contributed by atoms with Gasteiger partial charge in [0.15, 0.2) is 0 Å². The summed E-state index contributed by atoms with van der Waals surface area (Å²) in [4.78, 5) is 0. The maximum Gasteiger partial charge on any atom is 0.126 e. The third-order valence-electron chi connectivity index (χ3n) is 13.9. The number of aromatic nitrogens is 4. The molecule has 68 heavy (non-hydrogen) atoms. The van der Waals surface area contributed by atoms with Crippen molar-refractivity contribution >= 4 is 87.2 Å². The van der Waals surface area contributed by atoms with Gasteiger partial charge in [-0.25, -0.2) is 8.78 Å². The third-order valence-corrected chi connectivity index (χ3v) is 13.9. The lowest BCUT2D eigenvalue weighted by atomic mass is 9.97. The molecule has 14 rings (SSSR count). The summed E-state index contributed by atoms with van der Waals surface area (Å²) in [6, 6.07) is 73.4. The number of para-hydroxylation sites is 6. The summed E-state index contributed by atoms with van der Waals surface area (Å²) >= 11 is 0. The molecule has 0 atom stereocenters. The van der Waals surface area contributed by atoms with Gasteiger partial charge in [0.1, 0.15) is 11.6 Å². The third kappa shape index (κ3) is 5.28. The van der Waals surface area contributed by atoms with Crippen LogP contribution in [0.5, 0.6) is 0 Å². The van der Waals surface area contributed by atoms with Crippen LogP contribution in [0.3, 0.4) is 0 Å². The maximum atomic E-state index is 15.3. The molecule has 0 aliphatic heterocycles. The first-order valence-electron chi connectivity index (χ1n) is 22.6. The largest absolute Gasteiger partial charge is 0.307 e. The zero-order valence-corrected chi connectivity index (χ0v) is 36.2. The van der Waals surface area contributed by atoms with E-state index in [1.807, 2.05) is 24.3 Å². The number of rotatable bonds is 5. The predicted octanol–water partition coefficient (Wildman–Crippen LogP) is 15.9. The quantitative estimate of drug-likeness (QED) is 0.170. The second-order valence-electron chi connectivity index (χ2n) is 17.5. The molecule has 4 aromatic heterocycles. The molecule has 4 heterocycles. The van der Waals surface area contributed by atoms with Crippen molar-refractivity contribution in [3.63, 3.8) is 0 Å². The maximum absolute atomic E-state index is 15.3. The van der Waals surface area contributed by atoms with Crippen LogP contribution in [0.4, 0.5) is 8.78 Å². The molecule has 0 radical (unpaired) electrons. The number of fused-ring (bicyclic) bond motifs is 14. The first kappa shape index (κ1) is 38.1. The van der Waals surface area contributed by atoms with E-state index in [0.29, 0.717) is 5.56 Å². The van der Waals surface area contributed by atoms with Gasteiger partial charge in [0.05, 0.1) is 67.1 Å². The van der Waals surface area contributed by atoms with Crippen LogP contribution in [0.15, 0.2) is 212 Å². The predicted molar refractivity (Wildman–Crippen MR) is 274 cm³/mol. The summed E-state index contributed by atoms with van der Waals surface area (Å²) in [6.07, 6.45) is 0.